The quantitative estimate of drug-likeness (QED) is 0.521. The van der Waals surface area contributed by atoms with Crippen LogP contribution in [0.3, 0.4) is 0 Å². The van der Waals surface area contributed by atoms with Gasteiger partial charge in [-0.15, -0.1) is 0 Å². The lowest BCUT2D eigenvalue weighted by atomic mass is 10.1. The summed E-state index contributed by atoms with van der Waals surface area (Å²) in [6.45, 7) is 9.85. The summed E-state index contributed by atoms with van der Waals surface area (Å²) in [5.41, 5.74) is 9.61. The standard InChI is InChI=1S/C21H20N4O.2C2H6.2H2/c1-14-18(22)12-17-19(26)13-20(24-15-8-4-2-5-9-15)25(21(17)23-14)16-10-6-3-7-11-16;2*1-2;;/h3-4,6-13,24H,2,5,22H2,1H3;2*1-2H3;2*1H. The number of rotatable bonds is 3. The molecule has 0 unspecified atom stereocenters. The van der Waals surface area contributed by atoms with Crippen LogP contribution in [0.2, 0.25) is 0 Å². The molecule has 0 amide bonds. The number of hydrogen-bond donors (Lipinski definition) is 2. The number of benzene rings is 1. The number of pyridine rings is 2. The Morgan fingerprint density at radius 2 is 1.77 bits per heavy atom. The second-order valence-electron chi connectivity index (χ2n) is 6.36. The van der Waals surface area contributed by atoms with Crippen LogP contribution in [0.1, 0.15) is 49.1 Å². The van der Waals surface area contributed by atoms with E-state index in [1.54, 1.807) is 12.1 Å². The van der Waals surface area contributed by atoms with Crippen molar-refractivity contribution in [1.29, 1.82) is 0 Å². The van der Waals surface area contributed by atoms with Gasteiger partial charge in [0.25, 0.3) is 0 Å². The maximum Gasteiger partial charge on any atom is 0.193 e. The van der Waals surface area contributed by atoms with E-state index in [0.29, 0.717) is 28.2 Å². The molecule has 4 rings (SSSR count). The first-order chi connectivity index (χ1) is 14.6. The van der Waals surface area contributed by atoms with Gasteiger partial charge in [-0.25, -0.2) is 4.98 Å². The lowest BCUT2D eigenvalue weighted by Crippen LogP contribution is -2.16. The highest BCUT2D eigenvalue weighted by Crippen LogP contribution is 2.25. The van der Waals surface area contributed by atoms with Gasteiger partial charge in [0.05, 0.1) is 16.8 Å². The molecule has 0 bridgehead atoms. The van der Waals surface area contributed by atoms with Crippen LogP contribution in [0, 0.1) is 6.92 Å². The minimum Gasteiger partial charge on any atom is -0.397 e. The van der Waals surface area contributed by atoms with Gasteiger partial charge in [0.15, 0.2) is 5.43 Å². The fraction of sp³-hybridized carbons (Fsp3) is 0.280. The summed E-state index contributed by atoms with van der Waals surface area (Å²) < 4.78 is 1.96. The average molecular weight is 409 g/mol. The minimum absolute atomic E-state index is 0. The van der Waals surface area contributed by atoms with E-state index in [1.807, 2.05) is 75.6 Å². The monoisotopic (exact) mass is 408 g/mol. The van der Waals surface area contributed by atoms with Crippen molar-refractivity contribution in [2.24, 2.45) is 0 Å². The molecule has 0 radical (unpaired) electrons. The number of fused-ring (bicyclic) bond motifs is 1. The van der Waals surface area contributed by atoms with Gasteiger partial charge in [-0.3, -0.25) is 9.36 Å². The Hall–Kier alpha value is -3.34. The first kappa shape index (κ1) is 22.9. The van der Waals surface area contributed by atoms with Crippen LogP contribution in [-0.4, -0.2) is 9.55 Å². The molecule has 0 saturated carbocycles. The van der Waals surface area contributed by atoms with Crippen LogP contribution in [-0.2, 0) is 0 Å². The highest BCUT2D eigenvalue weighted by molar-refractivity contribution is 5.83. The van der Waals surface area contributed by atoms with Crippen molar-refractivity contribution in [1.82, 2.24) is 9.55 Å². The number of nitrogens with one attached hydrogen (secondary N) is 1. The minimum atomic E-state index is -0.103. The molecule has 0 fully saturated rings. The zero-order chi connectivity index (χ0) is 22.1. The number of aromatic nitrogens is 2. The summed E-state index contributed by atoms with van der Waals surface area (Å²) in [6, 6.07) is 13.2. The van der Waals surface area contributed by atoms with Crippen LogP contribution in [0.5, 0.6) is 0 Å². The average Bonchev–Trinajstić information content (AvgIpc) is 2.79. The molecule has 0 saturated heterocycles. The molecule has 162 valence electrons. The highest BCUT2D eigenvalue weighted by Gasteiger charge is 2.14. The van der Waals surface area contributed by atoms with Crippen molar-refractivity contribution in [3.05, 3.63) is 82.3 Å². The summed E-state index contributed by atoms with van der Waals surface area (Å²) in [5.74, 6) is 0.683. The zero-order valence-electron chi connectivity index (χ0n) is 18.6. The highest BCUT2D eigenvalue weighted by atomic mass is 16.1. The van der Waals surface area contributed by atoms with Gasteiger partial charge in [0, 0.05) is 20.3 Å². The van der Waals surface area contributed by atoms with Gasteiger partial charge >= 0.3 is 0 Å². The van der Waals surface area contributed by atoms with Crippen LogP contribution in [0.25, 0.3) is 16.7 Å². The SMILES string of the molecule is CC.CC.Cc1nc2c(cc1N)c(=O)cc(NC1=CCCC=C1)n2-c1ccccc1.[HH].[HH]. The third-order valence-corrected chi connectivity index (χ3v) is 4.50. The van der Waals surface area contributed by atoms with Crippen LogP contribution in [0.4, 0.5) is 11.5 Å². The number of nitrogens with two attached hydrogens (primary N) is 1. The molecule has 3 aromatic rings. The number of aryl methyl sites for hydroxylation is 1. The molecule has 0 spiro atoms. The summed E-state index contributed by atoms with van der Waals surface area (Å²) in [6.07, 6.45) is 8.31. The zero-order valence-corrected chi connectivity index (χ0v) is 18.6. The molecule has 5 heteroatoms. The second kappa shape index (κ2) is 11.0. The van der Waals surface area contributed by atoms with E-state index in [0.717, 1.165) is 24.2 Å². The largest absolute Gasteiger partial charge is 0.397 e. The molecular weight excluding hydrogens is 372 g/mol. The van der Waals surface area contributed by atoms with Crippen molar-refractivity contribution in [3.63, 3.8) is 0 Å². The molecule has 5 nitrogen and oxygen atoms in total. The summed E-state index contributed by atoms with van der Waals surface area (Å²) in [7, 11) is 0. The van der Waals surface area contributed by atoms with E-state index in [1.165, 1.54) is 0 Å². The van der Waals surface area contributed by atoms with E-state index >= 15 is 0 Å². The van der Waals surface area contributed by atoms with E-state index < -0.39 is 0 Å². The van der Waals surface area contributed by atoms with Gasteiger partial charge in [-0.1, -0.05) is 58.0 Å². The molecule has 30 heavy (non-hydrogen) atoms. The number of hydrogen-bond acceptors (Lipinski definition) is 4. The molecule has 0 atom stereocenters. The van der Waals surface area contributed by atoms with E-state index in [-0.39, 0.29) is 8.28 Å². The lowest BCUT2D eigenvalue weighted by molar-refractivity contribution is 1.01. The Morgan fingerprint density at radius 1 is 1.07 bits per heavy atom. The molecule has 2 heterocycles. The first-order valence-electron chi connectivity index (χ1n) is 10.7. The molecular formula is C25H36N4O. The maximum absolute atomic E-state index is 12.7. The van der Waals surface area contributed by atoms with Gasteiger partial charge in [-0.2, -0.15) is 0 Å². The second-order valence-corrected chi connectivity index (χ2v) is 6.36. The van der Waals surface area contributed by atoms with Crippen LogP contribution < -0.4 is 16.5 Å². The van der Waals surface area contributed by atoms with Crippen molar-refractivity contribution < 1.29 is 2.85 Å². The topological polar surface area (TPSA) is 72.9 Å². The molecule has 3 N–H and O–H groups in total. The molecule has 2 aromatic heterocycles. The van der Waals surface area contributed by atoms with Gasteiger partial charge in [0.1, 0.15) is 11.5 Å². The molecule has 1 aliphatic rings. The third kappa shape index (κ3) is 4.98. The summed E-state index contributed by atoms with van der Waals surface area (Å²) in [4.78, 5) is 17.3. The van der Waals surface area contributed by atoms with Crippen molar-refractivity contribution in [2.75, 3.05) is 11.1 Å². The smallest absolute Gasteiger partial charge is 0.193 e. The number of anilines is 2. The van der Waals surface area contributed by atoms with E-state index in [4.69, 9.17) is 5.73 Å². The first-order valence-corrected chi connectivity index (χ1v) is 10.7. The Balaban J connectivity index is 0.00000152. The van der Waals surface area contributed by atoms with Crippen molar-refractivity contribution in [3.8, 4) is 5.69 Å². The number of nitrogens with zero attached hydrogens (tertiary/aromatic N) is 2. The van der Waals surface area contributed by atoms with Gasteiger partial charge in [-0.05, 0) is 44.0 Å². The normalized spacial score (nSPS) is 12.2. The molecule has 1 aromatic carbocycles. The van der Waals surface area contributed by atoms with Crippen LogP contribution in [0.15, 0.2) is 71.2 Å². The Bertz CT molecular complexity index is 1110. The number of para-hydroxylation sites is 1. The molecule has 1 aliphatic carbocycles. The number of allylic oxidation sites excluding steroid dienone is 3. The summed E-state index contributed by atoms with van der Waals surface area (Å²) >= 11 is 0. The fourth-order valence-corrected chi connectivity index (χ4v) is 3.12. The lowest BCUT2D eigenvalue weighted by Gasteiger charge is -2.19. The fourth-order valence-electron chi connectivity index (χ4n) is 3.12. The van der Waals surface area contributed by atoms with E-state index in [2.05, 4.69) is 22.5 Å². The Morgan fingerprint density at radius 3 is 2.40 bits per heavy atom. The van der Waals surface area contributed by atoms with Crippen LogP contribution >= 0.6 is 0 Å². The summed E-state index contributed by atoms with van der Waals surface area (Å²) in [5, 5.41) is 3.89. The van der Waals surface area contributed by atoms with Gasteiger partial charge in [0.2, 0.25) is 0 Å². The van der Waals surface area contributed by atoms with Crippen molar-refractivity contribution in [2.45, 2.75) is 47.5 Å². The predicted octanol–water partition coefficient (Wildman–Crippen LogP) is 6.47. The van der Waals surface area contributed by atoms with Crippen molar-refractivity contribution >= 4 is 22.5 Å². The third-order valence-electron chi connectivity index (χ3n) is 4.50. The van der Waals surface area contributed by atoms with Gasteiger partial charge < -0.3 is 11.1 Å². The predicted molar refractivity (Wildman–Crippen MR) is 133 cm³/mol. The van der Waals surface area contributed by atoms with E-state index in [9.17, 15) is 4.79 Å². The molecule has 0 aliphatic heterocycles. The maximum atomic E-state index is 12.7. The Labute approximate surface area is 181 Å². The Kier molecular flexibility index (Phi) is 8.41. The number of nitrogen functional groups attached to an aromatic ring is 1.